The van der Waals surface area contributed by atoms with Crippen molar-refractivity contribution in [2.75, 3.05) is 37.5 Å². The minimum Gasteiger partial charge on any atom is -0.385 e. The number of anilines is 1. The lowest BCUT2D eigenvalue weighted by Gasteiger charge is -2.15. The van der Waals surface area contributed by atoms with E-state index in [-0.39, 0.29) is 5.28 Å². The molecule has 1 aliphatic rings. The molecule has 1 aliphatic heterocycles. The van der Waals surface area contributed by atoms with Crippen LogP contribution in [0.5, 0.6) is 0 Å². The van der Waals surface area contributed by atoms with Crippen molar-refractivity contribution in [2.24, 2.45) is 0 Å². The Kier molecular flexibility index (Phi) is 5.46. The van der Waals surface area contributed by atoms with Crippen LogP contribution in [0, 0.1) is 0 Å². The molecular weight excluding hydrogens is 272 g/mol. The lowest BCUT2D eigenvalue weighted by atomic mass is 10.4. The summed E-state index contributed by atoms with van der Waals surface area (Å²) < 4.78 is 5.01. The van der Waals surface area contributed by atoms with Gasteiger partial charge in [0.2, 0.25) is 11.2 Å². The van der Waals surface area contributed by atoms with Gasteiger partial charge in [-0.3, -0.25) is 0 Å². The SMILES string of the molecule is COCCCSc1nc(Cl)nc(N2CCCC2)n1. The molecule has 2 heterocycles. The molecule has 100 valence electrons. The average Bonchev–Trinajstić information content (AvgIpc) is 2.88. The van der Waals surface area contributed by atoms with Crippen molar-refractivity contribution in [1.82, 2.24) is 15.0 Å². The highest BCUT2D eigenvalue weighted by Gasteiger charge is 2.16. The van der Waals surface area contributed by atoms with Gasteiger partial charge in [-0.25, -0.2) is 0 Å². The van der Waals surface area contributed by atoms with E-state index in [1.54, 1.807) is 18.9 Å². The molecule has 0 aromatic carbocycles. The van der Waals surface area contributed by atoms with Crippen LogP contribution in [0.4, 0.5) is 5.95 Å². The highest BCUT2D eigenvalue weighted by atomic mass is 35.5. The first kappa shape index (κ1) is 13.8. The lowest BCUT2D eigenvalue weighted by molar-refractivity contribution is 0.200. The van der Waals surface area contributed by atoms with Crippen molar-refractivity contribution in [3.63, 3.8) is 0 Å². The van der Waals surface area contributed by atoms with Gasteiger partial charge in [0.1, 0.15) is 0 Å². The molecule has 0 spiro atoms. The standard InChI is InChI=1S/C11H17ClN4OS/c1-17-7-4-8-18-11-14-9(12)13-10(15-11)16-5-2-3-6-16/h2-8H2,1H3. The van der Waals surface area contributed by atoms with Crippen LogP contribution in [0.1, 0.15) is 19.3 Å². The van der Waals surface area contributed by atoms with E-state index in [2.05, 4.69) is 19.9 Å². The van der Waals surface area contributed by atoms with Gasteiger partial charge < -0.3 is 9.64 Å². The highest BCUT2D eigenvalue weighted by molar-refractivity contribution is 7.99. The fourth-order valence-electron chi connectivity index (χ4n) is 1.81. The summed E-state index contributed by atoms with van der Waals surface area (Å²) in [6.07, 6.45) is 3.36. The zero-order valence-corrected chi connectivity index (χ0v) is 12.0. The van der Waals surface area contributed by atoms with Crippen LogP contribution < -0.4 is 4.90 Å². The van der Waals surface area contributed by atoms with Crippen LogP contribution in [0.25, 0.3) is 0 Å². The van der Waals surface area contributed by atoms with E-state index < -0.39 is 0 Å². The number of hydrogen-bond acceptors (Lipinski definition) is 6. The summed E-state index contributed by atoms with van der Waals surface area (Å²) in [5.74, 6) is 1.63. The molecule has 1 saturated heterocycles. The smallest absolute Gasteiger partial charge is 0.230 e. The molecule has 0 N–H and O–H groups in total. The van der Waals surface area contributed by atoms with Crippen LogP contribution in [-0.2, 0) is 4.74 Å². The molecule has 1 aromatic rings. The van der Waals surface area contributed by atoms with Crippen molar-refractivity contribution in [2.45, 2.75) is 24.4 Å². The number of thioether (sulfide) groups is 1. The third-order valence-electron chi connectivity index (χ3n) is 2.69. The van der Waals surface area contributed by atoms with E-state index in [1.165, 1.54) is 12.8 Å². The molecule has 0 atom stereocenters. The molecule has 18 heavy (non-hydrogen) atoms. The number of halogens is 1. The van der Waals surface area contributed by atoms with Gasteiger partial charge in [0, 0.05) is 32.6 Å². The fraction of sp³-hybridized carbons (Fsp3) is 0.727. The highest BCUT2D eigenvalue weighted by Crippen LogP contribution is 2.21. The molecule has 0 radical (unpaired) electrons. The van der Waals surface area contributed by atoms with Crippen molar-refractivity contribution >= 4 is 29.3 Å². The largest absolute Gasteiger partial charge is 0.385 e. The van der Waals surface area contributed by atoms with E-state index >= 15 is 0 Å². The number of methoxy groups -OCH3 is 1. The second-order valence-corrected chi connectivity index (χ2v) is 5.48. The monoisotopic (exact) mass is 288 g/mol. The third-order valence-corrected chi connectivity index (χ3v) is 3.79. The van der Waals surface area contributed by atoms with Crippen molar-refractivity contribution < 1.29 is 4.74 Å². The molecule has 1 fully saturated rings. The maximum atomic E-state index is 5.94. The van der Waals surface area contributed by atoms with Gasteiger partial charge in [-0.15, -0.1) is 0 Å². The van der Waals surface area contributed by atoms with E-state index in [4.69, 9.17) is 16.3 Å². The quantitative estimate of drug-likeness (QED) is 0.591. The van der Waals surface area contributed by atoms with Gasteiger partial charge in [-0.05, 0) is 30.9 Å². The fourth-order valence-corrected chi connectivity index (χ4v) is 2.76. The van der Waals surface area contributed by atoms with Gasteiger partial charge in [-0.2, -0.15) is 15.0 Å². The summed E-state index contributed by atoms with van der Waals surface area (Å²) >= 11 is 7.54. The van der Waals surface area contributed by atoms with Crippen LogP contribution in [-0.4, -0.2) is 47.5 Å². The van der Waals surface area contributed by atoms with Gasteiger partial charge in [-0.1, -0.05) is 11.8 Å². The molecule has 5 nitrogen and oxygen atoms in total. The van der Waals surface area contributed by atoms with Gasteiger partial charge in [0.15, 0.2) is 5.16 Å². The summed E-state index contributed by atoms with van der Waals surface area (Å²) in [5, 5.41) is 0.981. The molecular formula is C11H17ClN4OS. The molecule has 7 heteroatoms. The molecule has 0 aliphatic carbocycles. The number of nitrogens with zero attached hydrogens (tertiary/aromatic N) is 4. The normalized spacial score (nSPS) is 15.3. The molecule has 0 saturated carbocycles. The van der Waals surface area contributed by atoms with Crippen LogP contribution in [0.2, 0.25) is 5.28 Å². The summed E-state index contributed by atoms with van der Waals surface area (Å²) in [6, 6.07) is 0. The van der Waals surface area contributed by atoms with Gasteiger partial charge >= 0.3 is 0 Å². The minimum atomic E-state index is 0.279. The Balaban J connectivity index is 1.97. The number of ether oxygens (including phenoxy) is 1. The maximum absolute atomic E-state index is 5.94. The number of aromatic nitrogens is 3. The summed E-state index contributed by atoms with van der Waals surface area (Å²) in [5.41, 5.74) is 0. The Labute approximate surface area is 116 Å². The zero-order valence-electron chi connectivity index (χ0n) is 10.4. The van der Waals surface area contributed by atoms with Crippen LogP contribution in [0.15, 0.2) is 5.16 Å². The Bertz CT molecular complexity index is 387. The van der Waals surface area contributed by atoms with Gasteiger partial charge in [0.25, 0.3) is 0 Å². The van der Waals surface area contributed by atoms with Crippen LogP contribution >= 0.6 is 23.4 Å². The number of rotatable bonds is 6. The molecule has 0 bridgehead atoms. The summed E-state index contributed by atoms with van der Waals surface area (Å²) in [4.78, 5) is 14.9. The first-order valence-corrected chi connectivity index (χ1v) is 7.44. The molecule has 1 aromatic heterocycles. The van der Waals surface area contributed by atoms with Crippen LogP contribution in [0.3, 0.4) is 0 Å². The zero-order chi connectivity index (χ0) is 12.8. The van der Waals surface area contributed by atoms with E-state index in [0.717, 1.165) is 31.9 Å². The summed E-state index contributed by atoms with van der Waals surface area (Å²) in [7, 11) is 1.70. The third kappa shape index (κ3) is 3.96. The Morgan fingerprint density at radius 2 is 2.06 bits per heavy atom. The van der Waals surface area contributed by atoms with E-state index in [1.807, 2.05) is 0 Å². The van der Waals surface area contributed by atoms with Crippen molar-refractivity contribution in [3.05, 3.63) is 5.28 Å². The Morgan fingerprint density at radius 1 is 1.28 bits per heavy atom. The molecule has 0 unspecified atom stereocenters. The first-order chi connectivity index (χ1) is 8.79. The van der Waals surface area contributed by atoms with Crippen molar-refractivity contribution in [1.29, 1.82) is 0 Å². The van der Waals surface area contributed by atoms with E-state index in [0.29, 0.717) is 11.1 Å². The average molecular weight is 289 g/mol. The lowest BCUT2D eigenvalue weighted by Crippen LogP contribution is -2.21. The predicted molar refractivity (Wildman–Crippen MR) is 73.5 cm³/mol. The Hall–Kier alpha value is -0.590. The Morgan fingerprint density at radius 3 is 2.78 bits per heavy atom. The topological polar surface area (TPSA) is 51.1 Å². The maximum Gasteiger partial charge on any atom is 0.230 e. The van der Waals surface area contributed by atoms with Crippen molar-refractivity contribution in [3.8, 4) is 0 Å². The minimum absolute atomic E-state index is 0.279. The summed E-state index contributed by atoms with van der Waals surface area (Å²) in [6.45, 7) is 2.77. The van der Waals surface area contributed by atoms with E-state index in [9.17, 15) is 0 Å². The second kappa shape index (κ2) is 7.11. The first-order valence-electron chi connectivity index (χ1n) is 6.08. The van der Waals surface area contributed by atoms with Gasteiger partial charge in [0.05, 0.1) is 0 Å². The number of hydrogen-bond donors (Lipinski definition) is 0. The molecule has 2 rings (SSSR count). The predicted octanol–water partition coefficient (Wildman–Crippen LogP) is 2.25. The molecule has 0 amide bonds. The second-order valence-electron chi connectivity index (χ2n) is 4.08.